The molecule has 3 heterocycles. The van der Waals surface area contributed by atoms with Crippen LogP contribution >= 0.6 is 15.9 Å². The Morgan fingerprint density at radius 1 is 1.24 bits per heavy atom. The van der Waals surface area contributed by atoms with E-state index in [4.69, 9.17) is 0 Å². The second kappa shape index (κ2) is 7.33. The monoisotopic (exact) mass is 493 g/mol. The van der Waals surface area contributed by atoms with Gasteiger partial charge in [-0.3, -0.25) is 19.1 Å². The molecular formula is C15H11BrF3N5O4S. The maximum Gasteiger partial charge on any atom is 0.433 e. The van der Waals surface area contributed by atoms with Gasteiger partial charge < -0.3 is 0 Å². The summed E-state index contributed by atoms with van der Waals surface area (Å²) < 4.78 is 65.3. The van der Waals surface area contributed by atoms with Crippen molar-refractivity contribution in [3.63, 3.8) is 0 Å². The van der Waals surface area contributed by atoms with Gasteiger partial charge in [-0.2, -0.15) is 27.8 Å². The average Bonchev–Trinajstić information content (AvgIpc) is 3.12. The molecule has 154 valence electrons. The van der Waals surface area contributed by atoms with Gasteiger partial charge in [0.05, 0.1) is 17.2 Å². The van der Waals surface area contributed by atoms with Gasteiger partial charge in [0, 0.05) is 16.7 Å². The minimum Gasteiger partial charge on any atom is -0.290 e. The molecule has 0 aliphatic heterocycles. The van der Waals surface area contributed by atoms with Crippen LogP contribution in [0.3, 0.4) is 0 Å². The number of carbonyl (C=O) groups excluding carboxylic acids is 1. The molecule has 0 unspecified atom stereocenters. The van der Waals surface area contributed by atoms with Crippen molar-refractivity contribution in [2.45, 2.75) is 24.5 Å². The molecule has 0 aliphatic rings. The molecular weight excluding hydrogens is 483 g/mol. The second-order valence-corrected chi connectivity index (χ2v) is 8.91. The number of Topliss-reactive ketones (excluding diaryl/α,β-unsaturated/α-hetero) is 1. The molecule has 3 rings (SSSR count). The minimum atomic E-state index is -4.87. The highest BCUT2D eigenvalue weighted by Crippen LogP contribution is 2.28. The van der Waals surface area contributed by atoms with Crippen molar-refractivity contribution in [3.8, 4) is 0 Å². The lowest BCUT2D eigenvalue weighted by Crippen LogP contribution is -2.30. The number of ketones is 1. The van der Waals surface area contributed by atoms with Crippen LogP contribution in [0.15, 0.2) is 38.8 Å². The Morgan fingerprint density at radius 3 is 2.55 bits per heavy atom. The summed E-state index contributed by atoms with van der Waals surface area (Å²) in [7, 11) is -3.84. The molecule has 0 saturated carbocycles. The molecule has 29 heavy (non-hydrogen) atoms. The van der Waals surface area contributed by atoms with E-state index >= 15 is 0 Å². The third-order valence-corrected chi connectivity index (χ3v) is 6.09. The third-order valence-electron chi connectivity index (χ3n) is 3.92. The first-order valence-corrected chi connectivity index (χ1v) is 10.3. The molecule has 0 saturated heterocycles. The van der Waals surface area contributed by atoms with Gasteiger partial charge in [0.15, 0.2) is 15.5 Å². The maximum absolute atomic E-state index is 13.1. The second-order valence-electron chi connectivity index (χ2n) is 5.75. The highest BCUT2D eigenvalue weighted by Gasteiger charge is 2.36. The molecule has 9 nitrogen and oxygen atoms in total. The lowest BCUT2D eigenvalue weighted by Gasteiger charge is -2.12. The van der Waals surface area contributed by atoms with Crippen LogP contribution in [0.1, 0.15) is 23.1 Å². The molecule has 0 radical (unpaired) electrons. The van der Waals surface area contributed by atoms with Gasteiger partial charge in [0.25, 0.3) is 5.56 Å². The molecule has 0 atom stereocenters. The van der Waals surface area contributed by atoms with E-state index in [0.717, 1.165) is 6.33 Å². The largest absolute Gasteiger partial charge is 0.433 e. The molecule has 0 aromatic carbocycles. The van der Waals surface area contributed by atoms with Gasteiger partial charge in [0.2, 0.25) is 11.6 Å². The van der Waals surface area contributed by atoms with E-state index < -0.39 is 51.1 Å². The average molecular weight is 494 g/mol. The molecule has 0 aliphatic carbocycles. The van der Waals surface area contributed by atoms with E-state index in [1.54, 1.807) is 0 Å². The number of rotatable bonds is 5. The third kappa shape index (κ3) is 3.94. The van der Waals surface area contributed by atoms with Crippen LogP contribution in [-0.2, 0) is 22.6 Å². The highest BCUT2D eigenvalue weighted by atomic mass is 79.9. The summed E-state index contributed by atoms with van der Waals surface area (Å²) >= 11 is 3.08. The number of aromatic nitrogens is 5. The molecule has 0 spiro atoms. The fraction of sp³-hybridized carbons (Fsp3) is 0.267. The van der Waals surface area contributed by atoms with E-state index in [2.05, 4.69) is 31.0 Å². The fourth-order valence-corrected chi connectivity index (χ4v) is 4.10. The van der Waals surface area contributed by atoms with Gasteiger partial charge >= 0.3 is 6.18 Å². The van der Waals surface area contributed by atoms with Crippen LogP contribution in [0.5, 0.6) is 0 Å². The first-order valence-electron chi connectivity index (χ1n) is 7.88. The van der Waals surface area contributed by atoms with Crippen LogP contribution in [0.2, 0.25) is 0 Å². The van der Waals surface area contributed by atoms with Crippen molar-refractivity contribution in [2.75, 3.05) is 5.75 Å². The Kier molecular flexibility index (Phi) is 5.34. The zero-order valence-corrected chi connectivity index (χ0v) is 16.9. The lowest BCUT2D eigenvalue weighted by atomic mass is 10.2. The highest BCUT2D eigenvalue weighted by molar-refractivity contribution is 9.10. The van der Waals surface area contributed by atoms with Crippen LogP contribution < -0.4 is 5.56 Å². The van der Waals surface area contributed by atoms with Gasteiger partial charge in [0.1, 0.15) is 12.0 Å². The van der Waals surface area contributed by atoms with Crippen LogP contribution in [-0.4, -0.2) is 44.1 Å². The van der Waals surface area contributed by atoms with Crippen molar-refractivity contribution in [1.82, 2.24) is 24.1 Å². The predicted octanol–water partition coefficient (Wildman–Crippen LogP) is 1.74. The fourth-order valence-electron chi connectivity index (χ4n) is 2.54. The number of nitrogens with zero attached hydrogens (tertiary/aromatic N) is 5. The molecule has 3 aromatic rings. The summed E-state index contributed by atoms with van der Waals surface area (Å²) in [4.78, 5) is 32.1. The first-order chi connectivity index (χ1) is 13.5. The normalized spacial score (nSPS) is 12.4. The molecule has 14 heteroatoms. The number of carbonyl (C=O) groups is 1. The number of fused-ring (bicyclic) bond motifs is 1. The first kappa shape index (κ1) is 21.1. The van der Waals surface area contributed by atoms with Crippen LogP contribution in [0.25, 0.3) is 5.78 Å². The summed E-state index contributed by atoms with van der Waals surface area (Å²) in [6.07, 6.45) is -2.87. The van der Waals surface area contributed by atoms with Gasteiger partial charge in [-0.05, 0) is 22.0 Å². The van der Waals surface area contributed by atoms with Crippen molar-refractivity contribution in [3.05, 3.63) is 50.9 Å². The Morgan fingerprint density at radius 2 is 1.93 bits per heavy atom. The Bertz CT molecular complexity index is 1280. The summed E-state index contributed by atoms with van der Waals surface area (Å²) in [5.74, 6) is -1.72. The number of hydrogen-bond acceptors (Lipinski definition) is 7. The standard InChI is InChI=1S/C15H11BrF3N5O4S/c1-2-29(27,28)10-3-8(16)5-20-13(10)9(25)6-23-12(26)4-11(15(17,18)19)24-14(23)21-7-22-24/h3-5,7H,2,6H2,1H3. The number of hydrogen-bond donors (Lipinski definition) is 0. The zero-order chi connectivity index (χ0) is 21.6. The maximum atomic E-state index is 13.1. The van der Waals surface area contributed by atoms with Gasteiger partial charge in [-0.25, -0.2) is 8.42 Å². The van der Waals surface area contributed by atoms with Crippen LogP contribution in [0, 0.1) is 0 Å². The predicted molar refractivity (Wildman–Crippen MR) is 96.2 cm³/mol. The minimum absolute atomic E-state index is 0.285. The zero-order valence-electron chi connectivity index (χ0n) is 14.5. The van der Waals surface area contributed by atoms with E-state index in [1.807, 2.05) is 0 Å². The smallest absolute Gasteiger partial charge is 0.290 e. The van der Waals surface area contributed by atoms with Crippen molar-refractivity contribution >= 4 is 37.3 Å². The van der Waals surface area contributed by atoms with E-state index in [9.17, 15) is 31.2 Å². The Balaban J connectivity index is 2.13. The Hall–Kier alpha value is -2.61. The van der Waals surface area contributed by atoms with E-state index in [0.29, 0.717) is 13.6 Å². The molecule has 0 bridgehead atoms. The molecule has 0 N–H and O–H groups in total. The van der Waals surface area contributed by atoms with Crippen molar-refractivity contribution < 1.29 is 26.4 Å². The number of sulfone groups is 1. The molecule has 0 fully saturated rings. The molecule has 3 aromatic heterocycles. The summed E-state index contributed by atoms with van der Waals surface area (Å²) in [6, 6.07) is 1.48. The summed E-state index contributed by atoms with van der Waals surface area (Å²) in [5, 5.41) is 3.45. The van der Waals surface area contributed by atoms with Gasteiger partial charge in [-0.1, -0.05) is 6.92 Å². The van der Waals surface area contributed by atoms with Gasteiger partial charge in [-0.15, -0.1) is 0 Å². The van der Waals surface area contributed by atoms with E-state index in [-0.39, 0.29) is 16.7 Å². The SMILES string of the molecule is CCS(=O)(=O)c1cc(Br)cnc1C(=O)Cn1c(=O)cc(C(F)(F)F)n2ncnc12. The summed E-state index contributed by atoms with van der Waals surface area (Å²) in [6.45, 7) is 0.602. The summed E-state index contributed by atoms with van der Waals surface area (Å²) in [5.41, 5.74) is -2.93. The van der Waals surface area contributed by atoms with E-state index in [1.165, 1.54) is 19.2 Å². The van der Waals surface area contributed by atoms with Crippen molar-refractivity contribution in [2.24, 2.45) is 0 Å². The molecule has 0 amide bonds. The number of pyridine rings is 1. The van der Waals surface area contributed by atoms with Crippen LogP contribution in [0.4, 0.5) is 13.2 Å². The lowest BCUT2D eigenvalue weighted by molar-refractivity contribution is -0.142. The Labute approximate surface area is 169 Å². The number of halogens is 4. The quantitative estimate of drug-likeness (QED) is 0.497. The number of alkyl halides is 3. The van der Waals surface area contributed by atoms with Crippen molar-refractivity contribution in [1.29, 1.82) is 0 Å². The topological polar surface area (TPSA) is 116 Å².